The molecule has 1 aliphatic rings. The lowest BCUT2D eigenvalue weighted by atomic mass is 10.0. The molecule has 2 aromatic rings. The number of carbonyl (C=O) groups excluding carboxylic acids is 1. The van der Waals surface area contributed by atoms with Crippen LogP contribution in [0.5, 0.6) is 0 Å². The summed E-state index contributed by atoms with van der Waals surface area (Å²) in [7, 11) is 0. The summed E-state index contributed by atoms with van der Waals surface area (Å²) >= 11 is 0. The summed E-state index contributed by atoms with van der Waals surface area (Å²) in [6.07, 6.45) is 9.06. The van der Waals surface area contributed by atoms with Gasteiger partial charge in [-0.1, -0.05) is 24.1 Å². The zero-order valence-corrected chi connectivity index (χ0v) is 12.6. The Labute approximate surface area is 131 Å². The first-order valence-corrected chi connectivity index (χ1v) is 7.50. The Balaban J connectivity index is 1.88. The van der Waals surface area contributed by atoms with Crippen LogP contribution in [0.2, 0.25) is 0 Å². The summed E-state index contributed by atoms with van der Waals surface area (Å²) in [5, 5.41) is 0. The first kappa shape index (κ1) is 14.3. The maximum atomic E-state index is 12.8. The minimum atomic E-state index is 0.0154. The molecule has 0 aliphatic carbocycles. The molecule has 110 valence electrons. The number of rotatable bonds is 2. The lowest BCUT2D eigenvalue weighted by molar-refractivity contribution is 0.0729. The van der Waals surface area contributed by atoms with E-state index in [1.165, 1.54) is 0 Å². The first-order valence-electron chi connectivity index (χ1n) is 7.50. The fraction of sp³-hybridized carbons (Fsp3) is 0.263. The first-order chi connectivity index (χ1) is 10.7. The lowest BCUT2D eigenvalue weighted by Crippen LogP contribution is -2.31. The zero-order chi connectivity index (χ0) is 15.5. The van der Waals surface area contributed by atoms with Crippen LogP contribution in [-0.4, -0.2) is 22.3 Å². The van der Waals surface area contributed by atoms with Crippen molar-refractivity contribution < 1.29 is 4.79 Å². The van der Waals surface area contributed by atoms with Crippen LogP contribution in [0.25, 0.3) is 0 Å². The van der Waals surface area contributed by atoms with Gasteiger partial charge in [0.25, 0.3) is 5.91 Å². The summed E-state index contributed by atoms with van der Waals surface area (Å²) in [4.78, 5) is 19.0. The van der Waals surface area contributed by atoms with Gasteiger partial charge in [0.2, 0.25) is 0 Å². The zero-order valence-electron chi connectivity index (χ0n) is 12.6. The number of hydrogen-bond acceptors (Lipinski definition) is 2. The molecular weight excluding hydrogens is 272 g/mol. The summed E-state index contributed by atoms with van der Waals surface area (Å²) in [6, 6.07) is 11.8. The molecule has 22 heavy (non-hydrogen) atoms. The number of nitrogens with zero attached hydrogens (tertiary/aromatic N) is 2. The molecule has 1 aliphatic heterocycles. The minimum Gasteiger partial charge on any atom is -0.330 e. The van der Waals surface area contributed by atoms with Gasteiger partial charge in [-0.25, -0.2) is 0 Å². The third-order valence-corrected chi connectivity index (χ3v) is 4.19. The van der Waals surface area contributed by atoms with Gasteiger partial charge in [-0.3, -0.25) is 9.78 Å². The van der Waals surface area contributed by atoms with Crippen LogP contribution in [0.15, 0.2) is 42.6 Å². The smallest absolute Gasteiger partial charge is 0.273 e. The third-order valence-electron chi connectivity index (χ3n) is 4.19. The lowest BCUT2D eigenvalue weighted by Gasteiger charge is -2.25. The van der Waals surface area contributed by atoms with E-state index in [4.69, 9.17) is 6.42 Å². The number of likely N-dealkylation sites (tertiary alicyclic amines) is 1. The Morgan fingerprint density at radius 3 is 2.77 bits per heavy atom. The molecule has 2 heterocycles. The van der Waals surface area contributed by atoms with E-state index in [0.29, 0.717) is 5.69 Å². The van der Waals surface area contributed by atoms with Crippen molar-refractivity contribution in [3.8, 4) is 12.3 Å². The fourth-order valence-electron chi connectivity index (χ4n) is 3.00. The largest absolute Gasteiger partial charge is 0.330 e. The second-order valence-electron chi connectivity index (χ2n) is 5.59. The minimum absolute atomic E-state index is 0.0154. The Kier molecular flexibility index (Phi) is 3.93. The van der Waals surface area contributed by atoms with Crippen molar-refractivity contribution in [1.82, 2.24) is 9.88 Å². The van der Waals surface area contributed by atoms with Crippen molar-refractivity contribution in [3.63, 3.8) is 0 Å². The second kappa shape index (κ2) is 6.03. The van der Waals surface area contributed by atoms with Gasteiger partial charge in [0.15, 0.2) is 0 Å². The van der Waals surface area contributed by atoms with E-state index in [2.05, 4.69) is 10.9 Å². The van der Waals surface area contributed by atoms with Gasteiger partial charge in [0, 0.05) is 18.3 Å². The molecule has 1 aromatic carbocycles. The van der Waals surface area contributed by atoms with Gasteiger partial charge in [-0.15, -0.1) is 6.42 Å². The van der Waals surface area contributed by atoms with Crippen molar-refractivity contribution in [1.29, 1.82) is 0 Å². The number of hydrogen-bond donors (Lipinski definition) is 0. The molecule has 1 atom stereocenters. The van der Waals surface area contributed by atoms with Gasteiger partial charge in [-0.05, 0) is 49.1 Å². The van der Waals surface area contributed by atoms with E-state index in [9.17, 15) is 4.79 Å². The average molecular weight is 290 g/mol. The molecule has 0 N–H and O–H groups in total. The van der Waals surface area contributed by atoms with E-state index in [-0.39, 0.29) is 11.9 Å². The molecule has 0 spiro atoms. The highest BCUT2D eigenvalue weighted by Crippen LogP contribution is 2.33. The van der Waals surface area contributed by atoms with Crippen LogP contribution in [-0.2, 0) is 0 Å². The number of terminal acetylenes is 1. The number of amides is 1. The predicted molar refractivity (Wildman–Crippen MR) is 86.4 cm³/mol. The van der Waals surface area contributed by atoms with Gasteiger partial charge in [0.1, 0.15) is 5.69 Å². The Hall–Kier alpha value is -2.60. The fourth-order valence-corrected chi connectivity index (χ4v) is 3.00. The summed E-state index contributed by atoms with van der Waals surface area (Å²) < 4.78 is 0. The van der Waals surface area contributed by atoms with Gasteiger partial charge in [0.05, 0.1) is 6.04 Å². The summed E-state index contributed by atoms with van der Waals surface area (Å²) in [6.45, 7) is 2.70. The van der Waals surface area contributed by atoms with E-state index >= 15 is 0 Å². The van der Waals surface area contributed by atoms with Crippen molar-refractivity contribution in [3.05, 3.63) is 65.0 Å². The normalized spacial score (nSPS) is 17.3. The quantitative estimate of drug-likeness (QED) is 0.795. The Morgan fingerprint density at radius 2 is 2.09 bits per heavy atom. The van der Waals surface area contributed by atoms with Crippen molar-refractivity contribution in [2.45, 2.75) is 25.8 Å². The van der Waals surface area contributed by atoms with E-state index in [0.717, 1.165) is 36.1 Å². The van der Waals surface area contributed by atoms with Crippen LogP contribution < -0.4 is 0 Å². The van der Waals surface area contributed by atoms with Crippen LogP contribution in [0, 0.1) is 19.3 Å². The number of carbonyl (C=O) groups is 1. The number of pyridine rings is 1. The second-order valence-corrected chi connectivity index (χ2v) is 5.59. The molecule has 1 saturated heterocycles. The van der Waals surface area contributed by atoms with Gasteiger partial charge < -0.3 is 4.90 Å². The van der Waals surface area contributed by atoms with Crippen molar-refractivity contribution in [2.24, 2.45) is 0 Å². The number of aromatic nitrogens is 1. The third kappa shape index (κ3) is 2.60. The molecule has 1 fully saturated rings. The molecular formula is C19H18N2O. The molecule has 3 heteroatoms. The van der Waals surface area contributed by atoms with Crippen LogP contribution in [0.1, 0.15) is 46.1 Å². The van der Waals surface area contributed by atoms with E-state index in [1.807, 2.05) is 48.2 Å². The Bertz CT molecular complexity index is 728. The summed E-state index contributed by atoms with van der Waals surface area (Å²) in [5.41, 5.74) is 3.47. The van der Waals surface area contributed by atoms with Crippen LogP contribution in [0.4, 0.5) is 0 Å². The highest BCUT2D eigenvalue weighted by atomic mass is 16.2. The molecule has 0 radical (unpaired) electrons. The molecule has 0 saturated carbocycles. The molecule has 0 bridgehead atoms. The molecule has 1 unspecified atom stereocenters. The maximum absolute atomic E-state index is 12.8. The van der Waals surface area contributed by atoms with E-state index in [1.54, 1.807) is 6.20 Å². The molecule has 3 rings (SSSR count). The highest BCUT2D eigenvalue weighted by molar-refractivity contribution is 5.94. The number of aryl methyl sites for hydroxylation is 1. The van der Waals surface area contributed by atoms with Crippen LogP contribution >= 0.6 is 0 Å². The highest BCUT2D eigenvalue weighted by Gasteiger charge is 2.31. The summed E-state index contributed by atoms with van der Waals surface area (Å²) in [5.74, 6) is 2.64. The van der Waals surface area contributed by atoms with Crippen molar-refractivity contribution >= 4 is 5.91 Å². The maximum Gasteiger partial charge on any atom is 0.273 e. The van der Waals surface area contributed by atoms with Crippen LogP contribution in [0.3, 0.4) is 0 Å². The van der Waals surface area contributed by atoms with Crippen molar-refractivity contribution in [2.75, 3.05) is 6.54 Å². The average Bonchev–Trinajstić information content (AvgIpc) is 3.04. The molecule has 3 nitrogen and oxygen atoms in total. The van der Waals surface area contributed by atoms with E-state index < -0.39 is 0 Å². The SMILES string of the molecule is C#Cc1ccc(C2CCCN2C(=O)c2ncccc2C)cc1. The molecule has 1 aromatic heterocycles. The van der Waals surface area contributed by atoms with Gasteiger partial charge >= 0.3 is 0 Å². The Morgan fingerprint density at radius 1 is 1.32 bits per heavy atom. The predicted octanol–water partition coefficient (Wildman–Crippen LogP) is 3.35. The monoisotopic (exact) mass is 290 g/mol. The standard InChI is InChI=1S/C19H18N2O/c1-3-15-8-10-16(11-9-15)17-7-5-13-21(17)19(22)18-14(2)6-4-12-20-18/h1,4,6,8-12,17H,5,7,13H2,2H3. The van der Waals surface area contributed by atoms with Gasteiger partial charge in [-0.2, -0.15) is 0 Å². The number of benzene rings is 1. The molecule has 1 amide bonds. The topological polar surface area (TPSA) is 33.2 Å².